The molecule has 0 saturated heterocycles. The second kappa shape index (κ2) is 8.49. The third kappa shape index (κ3) is 4.34. The summed E-state index contributed by atoms with van der Waals surface area (Å²) in [6.07, 6.45) is 0.667. The molecule has 6 nitrogen and oxygen atoms in total. The number of nitrogens with zero attached hydrogens (tertiary/aromatic N) is 1. The molecule has 0 amide bonds. The molecule has 0 aliphatic heterocycles. The fraction of sp³-hybridized carbons (Fsp3) is 0.286. The number of aryl methyl sites for hydroxylation is 1. The van der Waals surface area contributed by atoms with Crippen LogP contribution < -0.4 is 15.4 Å². The molecule has 0 aliphatic carbocycles. The first-order chi connectivity index (χ1) is 13.1. The average molecular weight is 367 g/mol. The topological polar surface area (TPSA) is 79.0 Å². The fourth-order valence-electron chi connectivity index (χ4n) is 2.98. The number of phenols is 1. The number of nitrogens with one attached hydrogen (secondary N) is 2. The molecule has 0 bridgehead atoms. The number of phenolic OH excluding ortho intramolecular Hbond substituents is 1. The standard InChI is InChI=1S/C21H25N3O3/c1-14-17-6-4-5-7-19(17)27-20(14)13-24-21(22-2)23-11-10-15-8-9-16(26-3)12-18(15)25/h4-9,12,25H,10-11,13H2,1-3H3,(H2,22,23,24). The van der Waals surface area contributed by atoms with Gasteiger partial charge in [-0.1, -0.05) is 24.3 Å². The summed E-state index contributed by atoms with van der Waals surface area (Å²) >= 11 is 0. The Kier molecular flexibility index (Phi) is 5.86. The number of para-hydroxylation sites is 1. The minimum absolute atomic E-state index is 0.233. The highest BCUT2D eigenvalue weighted by atomic mass is 16.5. The summed E-state index contributed by atoms with van der Waals surface area (Å²) < 4.78 is 11.0. The molecule has 6 heteroatoms. The van der Waals surface area contributed by atoms with E-state index in [9.17, 15) is 5.11 Å². The molecular weight excluding hydrogens is 342 g/mol. The number of guanidine groups is 1. The monoisotopic (exact) mass is 367 g/mol. The molecule has 0 spiro atoms. The summed E-state index contributed by atoms with van der Waals surface area (Å²) in [6, 6.07) is 13.3. The third-order valence-electron chi connectivity index (χ3n) is 4.56. The van der Waals surface area contributed by atoms with E-state index >= 15 is 0 Å². The van der Waals surface area contributed by atoms with Gasteiger partial charge in [0.05, 0.1) is 13.7 Å². The Morgan fingerprint density at radius 1 is 1.19 bits per heavy atom. The van der Waals surface area contributed by atoms with Gasteiger partial charge in [0.25, 0.3) is 0 Å². The summed E-state index contributed by atoms with van der Waals surface area (Å²) in [6.45, 7) is 3.25. The van der Waals surface area contributed by atoms with Gasteiger partial charge < -0.3 is 24.9 Å². The van der Waals surface area contributed by atoms with Gasteiger partial charge in [0, 0.05) is 30.6 Å². The predicted octanol–water partition coefficient (Wildman–Crippen LogP) is 3.36. The van der Waals surface area contributed by atoms with E-state index in [0.29, 0.717) is 31.2 Å². The first-order valence-electron chi connectivity index (χ1n) is 8.89. The van der Waals surface area contributed by atoms with E-state index in [1.54, 1.807) is 20.2 Å². The van der Waals surface area contributed by atoms with E-state index in [0.717, 1.165) is 27.9 Å². The van der Waals surface area contributed by atoms with E-state index in [2.05, 4.69) is 28.6 Å². The van der Waals surface area contributed by atoms with E-state index in [-0.39, 0.29) is 5.75 Å². The normalized spacial score (nSPS) is 11.6. The Morgan fingerprint density at radius 2 is 2.00 bits per heavy atom. The van der Waals surface area contributed by atoms with Crippen molar-refractivity contribution in [1.82, 2.24) is 10.6 Å². The molecule has 0 radical (unpaired) electrons. The van der Waals surface area contributed by atoms with Gasteiger partial charge in [-0.05, 0) is 31.0 Å². The molecule has 142 valence electrons. The van der Waals surface area contributed by atoms with Gasteiger partial charge in [-0.3, -0.25) is 4.99 Å². The van der Waals surface area contributed by atoms with Crippen molar-refractivity contribution in [2.75, 3.05) is 20.7 Å². The van der Waals surface area contributed by atoms with E-state index in [1.165, 1.54) is 0 Å². The maximum atomic E-state index is 10.0. The summed E-state index contributed by atoms with van der Waals surface area (Å²) in [4.78, 5) is 4.24. The Hall–Kier alpha value is -3.15. The Morgan fingerprint density at radius 3 is 2.70 bits per heavy atom. The summed E-state index contributed by atoms with van der Waals surface area (Å²) in [5.41, 5.74) is 2.88. The summed E-state index contributed by atoms with van der Waals surface area (Å²) in [7, 11) is 3.31. The van der Waals surface area contributed by atoms with Gasteiger partial charge >= 0.3 is 0 Å². The van der Waals surface area contributed by atoms with E-state index in [1.807, 2.05) is 30.3 Å². The predicted molar refractivity (Wildman–Crippen MR) is 108 cm³/mol. The van der Waals surface area contributed by atoms with Crippen molar-refractivity contribution in [1.29, 1.82) is 0 Å². The van der Waals surface area contributed by atoms with Crippen LogP contribution in [0.3, 0.4) is 0 Å². The van der Waals surface area contributed by atoms with Crippen LogP contribution in [0.5, 0.6) is 11.5 Å². The molecule has 0 aliphatic rings. The number of hydrogen-bond acceptors (Lipinski definition) is 4. The van der Waals surface area contributed by atoms with Gasteiger partial charge in [-0.15, -0.1) is 0 Å². The number of rotatable bonds is 6. The number of methoxy groups -OCH3 is 1. The maximum absolute atomic E-state index is 10.0. The number of hydrogen-bond donors (Lipinski definition) is 3. The lowest BCUT2D eigenvalue weighted by molar-refractivity contribution is 0.406. The Balaban J connectivity index is 1.54. The smallest absolute Gasteiger partial charge is 0.191 e. The zero-order valence-corrected chi connectivity index (χ0v) is 15.9. The second-order valence-electron chi connectivity index (χ2n) is 6.24. The number of benzene rings is 2. The molecule has 3 aromatic rings. The van der Waals surface area contributed by atoms with Crippen LogP contribution >= 0.6 is 0 Å². The highest BCUT2D eigenvalue weighted by Crippen LogP contribution is 2.25. The molecule has 2 aromatic carbocycles. The molecule has 0 unspecified atom stereocenters. The van der Waals surface area contributed by atoms with Crippen LogP contribution in [0.4, 0.5) is 0 Å². The fourth-order valence-corrected chi connectivity index (χ4v) is 2.98. The SMILES string of the molecule is CN=C(NCCc1ccc(OC)cc1O)NCc1oc2ccccc2c1C. The van der Waals surface area contributed by atoms with Gasteiger partial charge in [0.1, 0.15) is 22.8 Å². The van der Waals surface area contributed by atoms with Gasteiger partial charge in [0.15, 0.2) is 5.96 Å². The summed E-state index contributed by atoms with van der Waals surface area (Å²) in [5.74, 6) is 2.45. The number of aliphatic imine (C=N–C) groups is 1. The second-order valence-corrected chi connectivity index (χ2v) is 6.24. The lowest BCUT2D eigenvalue weighted by Gasteiger charge is -2.12. The number of furan rings is 1. The van der Waals surface area contributed by atoms with Crippen molar-refractivity contribution >= 4 is 16.9 Å². The molecule has 0 atom stereocenters. The van der Waals surface area contributed by atoms with Crippen LogP contribution in [0.15, 0.2) is 51.9 Å². The Bertz CT molecular complexity index is 947. The largest absolute Gasteiger partial charge is 0.508 e. The van der Waals surface area contributed by atoms with Crippen LogP contribution in [0.2, 0.25) is 0 Å². The maximum Gasteiger partial charge on any atom is 0.191 e. The average Bonchev–Trinajstić information content (AvgIpc) is 3.01. The number of aromatic hydroxyl groups is 1. The van der Waals surface area contributed by atoms with Gasteiger partial charge in [0.2, 0.25) is 0 Å². The van der Waals surface area contributed by atoms with Crippen molar-refractivity contribution in [3.63, 3.8) is 0 Å². The molecule has 27 heavy (non-hydrogen) atoms. The Labute approximate surface area is 158 Å². The van der Waals surface area contributed by atoms with E-state index in [4.69, 9.17) is 9.15 Å². The minimum Gasteiger partial charge on any atom is -0.508 e. The molecule has 3 N–H and O–H groups in total. The van der Waals surface area contributed by atoms with Crippen molar-refractivity contribution in [2.45, 2.75) is 19.9 Å². The molecule has 1 heterocycles. The van der Waals surface area contributed by atoms with Crippen LogP contribution in [0.25, 0.3) is 11.0 Å². The van der Waals surface area contributed by atoms with Crippen LogP contribution in [-0.4, -0.2) is 31.8 Å². The first-order valence-corrected chi connectivity index (χ1v) is 8.89. The summed E-state index contributed by atoms with van der Waals surface area (Å²) in [5, 5.41) is 17.7. The number of ether oxygens (including phenoxy) is 1. The molecule has 0 saturated carbocycles. The van der Waals surface area contributed by atoms with Gasteiger partial charge in [-0.25, -0.2) is 0 Å². The van der Waals surface area contributed by atoms with Crippen molar-refractivity contribution in [2.24, 2.45) is 4.99 Å². The minimum atomic E-state index is 0.233. The van der Waals surface area contributed by atoms with Crippen molar-refractivity contribution < 1.29 is 14.3 Å². The van der Waals surface area contributed by atoms with E-state index < -0.39 is 0 Å². The lowest BCUT2D eigenvalue weighted by Crippen LogP contribution is -2.37. The lowest BCUT2D eigenvalue weighted by atomic mass is 10.1. The van der Waals surface area contributed by atoms with Crippen molar-refractivity contribution in [3.8, 4) is 11.5 Å². The highest BCUT2D eigenvalue weighted by molar-refractivity contribution is 5.82. The number of fused-ring (bicyclic) bond motifs is 1. The van der Waals surface area contributed by atoms with Crippen LogP contribution in [0, 0.1) is 6.92 Å². The molecular formula is C21H25N3O3. The molecule has 3 rings (SSSR count). The van der Waals surface area contributed by atoms with Gasteiger partial charge in [-0.2, -0.15) is 0 Å². The molecule has 0 fully saturated rings. The third-order valence-corrected chi connectivity index (χ3v) is 4.56. The molecule has 1 aromatic heterocycles. The zero-order chi connectivity index (χ0) is 19.2. The van der Waals surface area contributed by atoms with Crippen LogP contribution in [-0.2, 0) is 13.0 Å². The highest BCUT2D eigenvalue weighted by Gasteiger charge is 2.10. The quantitative estimate of drug-likeness (QED) is 0.460. The van der Waals surface area contributed by atoms with Crippen LogP contribution in [0.1, 0.15) is 16.9 Å². The zero-order valence-electron chi connectivity index (χ0n) is 15.9. The first kappa shape index (κ1) is 18.6. The van der Waals surface area contributed by atoms with Crippen molar-refractivity contribution in [3.05, 3.63) is 59.4 Å².